The molecule has 52 valence electrons. The Hall–Kier alpha value is -0.640. The maximum atomic E-state index is 4.98. The molecule has 0 spiro atoms. The Balaban J connectivity index is 2.98. The summed E-state index contributed by atoms with van der Waals surface area (Å²) in [6.45, 7) is 4.44. The summed E-state index contributed by atoms with van der Waals surface area (Å²) in [4.78, 5) is 0. The summed E-state index contributed by atoms with van der Waals surface area (Å²) in [5.74, 6) is 3.63. The van der Waals surface area contributed by atoms with Crippen LogP contribution in [0.4, 0.5) is 0 Å². The van der Waals surface area contributed by atoms with Crippen molar-refractivity contribution >= 4 is 0 Å². The topological polar surface area (TPSA) is 26.0 Å². The minimum atomic E-state index is 0.796. The van der Waals surface area contributed by atoms with E-state index in [9.17, 15) is 0 Å². The molecule has 2 N–H and O–H groups in total. The minimum absolute atomic E-state index is 0.796. The van der Waals surface area contributed by atoms with Crippen LogP contribution in [0.2, 0.25) is 0 Å². The van der Waals surface area contributed by atoms with E-state index in [1.807, 2.05) is 0 Å². The Bertz CT molecular complexity index is 105. The van der Waals surface area contributed by atoms with Crippen molar-refractivity contribution < 1.29 is 0 Å². The number of unbranched alkanes of at least 4 members (excludes halogenated alkanes) is 1. The van der Waals surface area contributed by atoms with Gasteiger partial charge in [0.25, 0.3) is 0 Å². The lowest BCUT2D eigenvalue weighted by Gasteiger charge is -1.98. The molecule has 0 saturated heterocycles. The van der Waals surface area contributed by atoms with Gasteiger partial charge in [-0.25, -0.2) is 0 Å². The Labute approximate surface area is 57.6 Å². The molecule has 0 aliphatic rings. The zero-order chi connectivity index (χ0) is 7.11. The van der Waals surface area contributed by atoms with Crippen LogP contribution in [-0.2, 0) is 0 Å². The van der Waals surface area contributed by atoms with Crippen LogP contribution in [0.1, 0.15) is 33.1 Å². The molecule has 0 fully saturated rings. The highest BCUT2D eigenvalue weighted by Gasteiger charge is 1.90. The fourth-order valence-corrected chi connectivity index (χ4v) is 0.671. The van der Waals surface area contributed by atoms with Gasteiger partial charge in [0.15, 0.2) is 0 Å². The highest BCUT2D eigenvalue weighted by molar-refractivity contribution is 4.93. The molecule has 0 rings (SSSR count). The number of hydrogen-bond donors (Lipinski definition) is 1. The van der Waals surface area contributed by atoms with Crippen LogP contribution < -0.4 is 5.73 Å². The predicted molar refractivity (Wildman–Crippen MR) is 40.7 cm³/mol. The molecule has 0 aromatic carbocycles. The van der Waals surface area contributed by atoms with E-state index in [0.717, 1.165) is 12.3 Å². The van der Waals surface area contributed by atoms with E-state index in [0.29, 0.717) is 0 Å². The second kappa shape index (κ2) is 5.50. The van der Waals surface area contributed by atoms with Gasteiger partial charge in [0.2, 0.25) is 0 Å². The highest BCUT2D eigenvalue weighted by Crippen LogP contribution is 2.04. The molecule has 1 nitrogen and oxygen atoms in total. The van der Waals surface area contributed by atoms with Gasteiger partial charge in [-0.3, -0.25) is 0 Å². The van der Waals surface area contributed by atoms with Gasteiger partial charge in [-0.1, -0.05) is 26.2 Å². The van der Waals surface area contributed by atoms with Gasteiger partial charge in [0.05, 0.1) is 0 Å². The minimum Gasteiger partial charge on any atom is -0.359 e. The monoisotopic (exact) mass is 125 g/mol. The standard InChI is InChI=1S/C8H15N/c1-8(2)6-4-3-5-7-9/h8H,3-4,6,9H2,1-2H3. The Morgan fingerprint density at radius 3 is 2.56 bits per heavy atom. The average Bonchev–Trinajstić information content (AvgIpc) is 1.80. The van der Waals surface area contributed by atoms with Gasteiger partial charge in [-0.2, -0.15) is 0 Å². The molecule has 0 heterocycles. The first-order chi connectivity index (χ1) is 4.27. The van der Waals surface area contributed by atoms with Crippen molar-refractivity contribution in [2.45, 2.75) is 33.1 Å². The van der Waals surface area contributed by atoms with Crippen molar-refractivity contribution in [3.05, 3.63) is 0 Å². The normalized spacial score (nSPS) is 8.78. The summed E-state index contributed by atoms with van der Waals surface area (Å²) in [6, 6.07) is 2.39. The van der Waals surface area contributed by atoms with E-state index in [4.69, 9.17) is 5.73 Å². The van der Waals surface area contributed by atoms with E-state index in [2.05, 4.69) is 25.8 Å². The molecular formula is C8H15N. The SMILES string of the molecule is CC(C)CCCC#CN. The van der Waals surface area contributed by atoms with Crippen LogP contribution in [0.25, 0.3) is 0 Å². The van der Waals surface area contributed by atoms with E-state index in [1.54, 1.807) is 0 Å². The van der Waals surface area contributed by atoms with Crippen LogP contribution in [-0.4, -0.2) is 0 Å². The van der Waals surface area contributed by atoms with Crippen LogP contribution >= 0.6 is 0 Å². The molecule has 0 bridgehead atoms. The van der Waals surface area contributed by atoms with Gasteiger partial charge in [0.1, 0.15) is 0 Å². The molecule has 0 saturated carbocycles. The van der Waals surface area contributed by atoms with Gasteiger partial charge in [-0.15, -0.1) is 0 Å². The lowest BCUT2D eigenvalue weighted by Crippen LogP contribution is -1.85. The van der Waals surface area contributed by atoms with Crippen molar-refractivity contribution in [3.63, 3.8) is 0 Å². The second-order valence-electron chi connectivity index (χ2n) is 2.61. The Morgan fingerprint density at radius 1 is 1.44 bits per heavy atom. The molecule has 0 aliphatic carbocycles. The van der Waals surface area contributed by atoms with Gasteiger partial charge >= 0.3 is 0 Å². The highest BCUT2D eigenvalue weighted by atomic mass is 14.4. The van der Waals surface area contributed by atoms with Crippen molar-refractivity contribution in [3.8, 4) is 12.0 Å². The molecular weight excluding hydrogens is 110 g/mol. The first-order valence-electron chi connectivity index (χ1n) is 3.46. The third-order valence-corrected chi connectivity index (χ3v) is 1.19. The smallest absolute Gasteiger partial charge is 0.0107 e. The first kappa shape index (κ1) is 8.36. The van der Waals surface area contributed by atoms with Crippen molar-refractivity contribution in [2.75, 3.05) is 0 Å². The number of nitrogens with two attached hydrogens (primary N) is 1. The van der Waals surface area contributed by atoms with Crippen molar-refractivity contribution in [1.29, 1.82) is 0 Å². The van der Waals surface area contributed by atoms with Crippen LogP contribution in [0.5, 0.6) is 0 Å². The van der Waals surface area contributed by atoms with Crippen molar-refractivity contribution in [2.24, 2.45) is 11.7 Å². The molecule has 0 atom stereocenters. The van der Waals surface area contributed by atoms with Gasteiger partial charge < -0.3 is 5.73 Å². The number of hydrogen-bond acceptors (Lipinski definition) is 1. The summed E-state index contributed by atoms with van der Waals surface area (Å²) in [5.41, 5.74) is 4.98. The predicted octanol–water partition coefficient (Wildman–Crippen LogP) is 1.73. The quantitative estimate of drug-likeness (QED) is 0.347. The fraction of sp³-hybridized carbons (Fsp3) is 0.750. The largest absolute Gasteiger partial charge is 0.359 e. The summed E-state index contributed by atoms with van der Waals surface area (Å²) < 4.78 is 0. The number of rotatable bonds is 3. The Morgan fingerprint density at radius 2 is 2.11 bits per heavy atom. The van der Waals surface area contributed by atoms with Gasteiger partial charge in [-0.05, 0) is 12.3 Å². The maximum Gasteiger partial charge on any atom is 0.0107 e. The summed E-state index contributed by atoms with van der Waals surface area (Å²) in [7, 11) is 0. The molecule has 0 unspecified atom stereocenters. The van der Waals surface area contributed by atoms with E-state index in [-0.39, 0.29) is 0 Å². The van der Waals surface area contributed by atoms with E-state index < -0.39 is 0 Å². The second-order valence-corrected chi connectivity index (χ2v) is 2.61. The van der Waals surface area contributed by atoms with Gasteiger partial charge in [0, 0.05) is 12.5 Å². The molecule has 9 heavy (non-hydrogen) atoms. The molecule has 0 amide bonds. The Kier molecular flexibility index (Phi) is 5.11. The average molecular weight is 125 g/mol. The summed E-state index contributed by atoms with van der Waals surface area (Å²) >= 11 is 0. The lowest BCUT2D eigenvalue weighted by atomic mass is 10.1. The summed E-state index contributed by atoms with van der Waals surface area (Å²) in [5, 5.41) is 0. The molecule has 0 aromatic rings. The van der Waals surface area contributed by atoms with E-state index in [1.165, 1.54) is 12.8 Å². The van der Waals surface area contributed by atoms with Crippen LogP contribution in [0.15, 0.2) is 0 Å². The van der Waals surface area contributed by atoms with Crippen molar-refractivity contribution in [1.82, 2.24) is 0 Å². The van der Waals surface area contributed by atoms with Crippen LogP contribution in [0.3, 0.4) is 0 Å². The maximum absolute atomic E-state index is 4.98. The van der Waals surface area contributed by atoms with E-state index >= 15 is 0 Å². The third-order valence-electron chi connectivity index (χ3n) is 1.19. The summed E-state index contributed by atoms with van der Waals surface area (Å²) in [6.07, 6.45) is 3.39. The zero-order valence-corrected chi connectivity index (χ0v) is 6.28. The molecule has 0 aromatic heterocycles. The molecule has 0 radical (unpaired) electrons. The zero-order valence-electron chi connectivity index (χ0n) is 6.28. The van der Waals surface area contributed by atoms with Crippen LogP contribution in [0, 0.1) is 17.9 Å². The first-order valence-corrected chi connectivity index (χ1v) is 3.46. The lowest BCUT2D eigenvalue weighted by molar-refractivity contribution is 0.562. The molecule has 1 heteroatoms. The third kappa shape index (κ3) is 7.36. The fourth-order valence-electron chi connectivity index (χ4n) is 0.671. The molecule has 0 aliphatic heterocycles.